The summed E-state index contributed by atoms with van der Waals surface area (Å²) in [5, 5.41) is 11.7. The molecule has 0 heterocycles. The van der Waals surface area contributed by atoms with Gasteiger partial charge in [0.1, 0.15) is 0 Å². The summed E-state index contributed by atoms with van der Waals surface area (Å²) in [6.07, 6.45) is -0.531. The number of hydrogen-bond acceptors (Lipinski definition) is 2. The molecule has 2 N–H and O–H groups in total. The van der Waals surface area contributed by atoms with Gasteiger partial charge in [0.15, 0.2) is 0 Å². The lowest BCUT2D eigenvalue weighted by Gasteiger charge is -2.28. The van der Waals surface area contributed by atoms with Crippen LogP contribution < -0.4 is 5.32 Å². The van der Waals surface area contributed by atoms with Crippen LogP contribution in [-0.2, 0) is 4.79 Å². The summed E-state index contributed by atoms with van der Waals surface area (Å²) in [5.74, 6) is -0.120. The van der Waals surface area contributed by atoms with Crippen molar-refractivity contribution in [3.05, 3.63) is 0 Å². The molecule has 1 unspecified atom stereocenters. The zero-order chi connectivity index (χ0) is 8.36. The lowest BCUT2D eigenvalue weighted by molar-refractivity contribution is -0.121. The van der Waals surface area contributed by atoms with Crippen molar-refractivity contribution >= 4 is 5.91 Å². The first-order valence-corrected chi connectivity index (χ1v) is 3.33. The van der Waals surface area contributed by atoms with Gasteiger partial charge in [-0.1, -0.05) is 0 Å². The van der Waals surface area contributed by atoms with Crippen LogP contribution in [0.2, 0.25) is 0 Å². The highest BCUT2D eigenvalue weighted by Gasteiger charge is 2.24. The molecule has 1 atom stereocenters. The molecule has 0 aliphatic heterocycles. The number of amides is 1. The van der Waals surface area contributed by atoms with Crippen LogP contribution in [0.25, 0.3) is 0 Å². The Morgan fingerprint density at radius 3 is 2.10 bits per heavy atom. The van der Waals surface area contributed by atoms with Gasteiger partial charge in [-0.25, -0.2) is 0 Å². The van der Waals surface area contributed by atoms with Crippen LogP contribution >= 0.6 is 0 Å². The topological polar surface area (TPSA) is 49.3 Å². The number of rotatable bonds is 2. The SMILES string of the molecule is CC(=O)NC(C)(C)C(C)O. The van der Waals surface area contributed by atoms with Gasteiger partial charge < -0.3 is 10.4 Å². The number of carbonyl (C=O) groups excluding carboxylic acids is 1. The van der Waals surface area contributed by atoms with Crippen LogP contribution in [-0.4, -0.2) is 22.7 Å². The summed E-state index contributed by atoms with van der Waals surface area (Å²) >= 11 is 0. The van der Waals surface area contributed by atoms with E-state index in [-0.39, 0.29) is 5.91 Å². The number of hydrogen-bond donors (Lipinski definition) is 2. The van der Waals surface area contributed by atoms with E-state index >= 15 is 0 Å². The Hall–Kier alpha value is -0.570. The van der Waals surface area contributed by atoms with E-state index in [1.807, 2.05) is 0 Å². The van der Waals surface area contributed by atoms with Crippen molar-refractivity contribution in [3.63, 3.8) is 0 Å². The Balaban J connectivity index is 3.99. The first kappa shape index (κ1) is 9.43. The van der Waals surface area contributed by atoms with E-state index in [4.69, 9.17) is 5.11 Å². The molecule has 0 spiro atoms. The average molecular weight is 145 g/mol. The Morgan fingerprint density at radius 2 is 2.00 bits per heavy atom. The smallest absolute Gasteiger partial charge is 0.217 e. The molecule has 0 bridgehead atoms. The molecule has 0 aromatic rings. The molecular formula is C7H15NO2. The number of carbonyl (C=O) groups is 1. The molecular weight excluding hydrogens is 130 g/mol. The maximum Gasteiger partial charge on any atom is 0.217 e. The normalized spacial score (nSPS) is 14.5. The lowest BCUT2D eigenvalue weighted by Crippen LogP contribution is -2.50. The molecule has 3 nitrogen and oxygen atoms in total. The number of aliphatic hydroxyl groups is 1. The monoisotopic (exact) mass is 145 g/mol. The van der Waals surface area contributed by atoms with Gasteiger partial charge in [-0.15, -0.1) is 0 Å². The van der Waals surface area contributed by atoms with Gasteiger partial charge in [0.05, 0.1) is 11.6 Å². The fourth-order valence-electron chi connectivity index (χ4n) is 0.558. The average Bonchev–Trinajstić information content (AvgIpc) is 1.60. The van der Waals surface area contributed by atoms with Crippen LogP contribution in [0.1, 0.15) is 27.7 Å². The second kappa shape index (κ2) is 3.01. The Bertz CT molecular complexity index is 130. The largest absolute Gasteiger partial charge is 0.391 e. The van der Waals surface area contributed by atoms with Crippen molar-refractivity contribution in [2.24, 2.45) is 0 Å². The van der Waals surface area contributed by atoms with Gasteiger partial charge in [-0.05, 0) is 20.8 Å². The second-order valence-corrected chi connectivity index (χ2v) is 3.08. The molecule has 60 valence electrons. The highest BCUT2D eigenvalue weighted by molar-refractivity contribution is 5.73. The Kier molecular flexibility index (Phi) is 2.84. The van der Waals surface area contributed by atoms with E-state index in [1.165, 1.54) is 6.92 Å². The van der Waals surface area contributed by atoms with Crippen molar-refractivity contribution in [3.8, 4) is 0 Å². The first-order chi connectivity index (χ1) is 4.36. The van der Waals surface area contributed by atoms with Gasteiger partial charge in [-0.2, -0.15) is 0 Å². The molecule has 0 rings (SSSR count). The van der Waals surface area contributed by atoms with E-state index in [9.17, 15) is 4.79 Å². The summed E-state index contributed by atoms with van der Waals surface area (Å²) in [7, 11) is 0. The maximum absolute atomic E-state index is 10.5. The minimum Gasteiger partial charge on any atom is -0.391 e. The molecule has 0 aliphatic rings. The third-order valence-electron chi connectivity index (χ3n) is 1.54. The van der Waals surface area contributed by atoms with Gasteiger partial charge >= 0.3 is 0 Å². The second-order valence-electron chi connectivity index (χ2n) is 3.08. The minimum absolute atomic E-state index is 0.120. The van der Waals surface area contributed by atoms with Gasteiger partial charge in [0, 0.05) is 6.92 Å². The molecule has 1 amide bonds. The fraction of sp³-hybridized carbons (Fsp3) is 0.857. The number of aliphatic hydroxyl groups excluding tert-OH is 1. The molecule has 0 fully saturated rings. The van der Waals surface area contributed by atoms with Crippen molar-refractivity contribution in [2.75, 3.05) is 0 Å². The van der Waals surface area contributed by atoms with Crippen molar-refractivity contribution in [2.45, 2.75) is 39.3 Å². The quantitative estimate of drug-likeness (QED) is 0.586. The summed E-state index contributed by atoms with van der Waals surface area (Å²) in [6, 6.07) is 0. The van der Waals surface area contributed by atoms with E-state index in [0.29, 0.717) is 0 Å². The highest BCUT2D eigenvalue weighted by atomic mass is 16.3. The summed E-state index contributed by atoms with van der Waals surface area (Å²) in [5.41, 5.74) is -0.522. The molecule has 10 heavy (non-hydrogen) atoms. The van der Waals surface area contributed by atoms with E-state index < -0.39 is 11.6 Å². The van der Waals surface area contributed by atoms with Crippen molar-refractivity contribution in [1.82, 2.24) is 5.32 Å². The number of nitrogens with one attached hydrogen (secondary N) is 1. The zero-order valence-electron chi connectivity index (χ0n) is 6.93. The summed E-state index contributed by atoms with van der Waals surface area (Å²) in [6.45, 7) is 6.64. The maximum atomic E-state index is 10.5. The summed E-state index contributed by atoms with van der Waals surface area (Å²) in [4.78, 5) is 10.5. The van der Waals surface area contributed by atoms with Crippen LogP contribution in [0, 0.1) is 0 Å². The highest BCUT2D eigenvalue weighted by Crippen LogP contribution is 2.07. The Morgan fingerprint density at radius 1 is 1.60 bits per heavy atom. The third-order valence-corrected chi connectivity index (χ3v) is 1.54. The molecule has 0 radical (unpaired) electrons. The van der Waals surface area contributed by atoms with Crippen LogP contribution in [0.5, 0.6) is 0 Å². The molecule has 0 saturated carbocycles. The molecule has 0 aromatic carbocycles. The van der Waals surface area contributed by atoms with Crippen LogP contribution in [0.3, 0.4) is 0 Å². The van der Waals surface area contributed by atoms with Gasteiger partial charge in [0.2, 0.25) is 5.91 Å². The van der Waals surface area contributed by atoms with E-state index in [1.54, 1.807) is 20.8 Å². The first-order valence-electron chi connectivity index (χ1n) is 3.33. The van der Waals surface area contributed by atoms with Crippen molar-refractivity contribution in [1.29, 1.82) is 0 Å². The van der Waals surface area contributed by atoms with E-state index in [2.05, 4.69) is 5.32 Å². The van der Waals surface area contributed by atoms with Gasteiger partial charge in [0.25, 0.3) is 0 Å². The van der Waals surface area contributed by atoms with Gasteiger partial charge in [-0.3, -0.25) is 4.79 Å². The van der Waals surface area contributed by atoms with Crippen LogP contribution in [0.4, 0.5) is 0 Å². The Labute approximate surface area is 61.4 Å². The summed E-state index contributed by atoms with van der Waals surface area (Å²) < 4.78 is 0. The van der Waals surface area contributed by atoms with E-state index in [0.717, 1.165) is 0 Å². The minimum atomic E-state index is -0.531. The fourth-order valence-corrected chi connectivity index (χ4v) is 0.558. The van der Waals surface area contributed by atoms with Crippen LogP contribution in [0.15, 0.2) is 0 Å². The molecule has 0 aliphatic carbocycles. The van der Waals surface area contributed by atoms with Crippen molar-refractivity contribution < 1.29 is 9.90 Å². The molecule has 0 saturated heterocycles. The lowest BCUT2D eigenvalue weighted by atomic mass is 9.99. The zero-order valence-corrected chi connectivity index (χ0v) is 6.93. The standard InChI is InChI=1S/C7H15NO2/c1-5(9)7(3,4)8-6(2)10/h5,9H,1-4H3,(H,8,10). The predicted molar refractivity (Wildman–Crippen MR) is 39.6 cm³/mol. The predicted octanol–water partition coefficient (Wildman–Crippen LogP) is 0.282. The molecule has 0 aromatic heterocycles. The third kappa shape index (κ3) is 2.82. The molecule has 3 heteroatoms.